The third kappa shape index (κ3) is 3.74. The number of nitrogens with one attached hydrogen (secondary N) is 1. The third-order valence-corrected chi connectivity index (χ3v) is 3.97. The summed E-state index contributed by atoms with van der Waals surface area (Å²) in [5.41, 5.74) is 0.534. The van der Waals surface area contributed by atoms with Crippen molar-refractivity contribution in [3.63, 3.8) is 0 Å². The Kier molecular flexibility index (Phi) is 5.44. The van der Waals surface area contributed by atoms with Crippen LogP contribution in [0.5, 0.6) is 0 Å². The molecular weight excluding hydrogens is 266 g/mol. The fourth-order valence-corrected chi connectivity index (χ4v) is 2.34. The van der Waals surface area contributed by atoms with Crippen molar-refractivity contribution in [1.82, 2.24) is 9.69 Å². The Balaban J connectivity index is 2.80. The Hall–Kier alpha value is -1.47. The van der Waals surface area contributed by atoms with E-state index in [-0.39, 0.29) is 24.1 Å². The van der Waals surface area contributed by atoms with Crippen LogP contribution in [0.25, 0.3) is 0 Å². The molecule has 1 heterocycles. The number of carboxylic acids is 1. The molecule has 1 aromatic rings. The Morgan fingerprint density at radius 2 is 2.16 bits per heavy atom. The van der Waals surface area contributed by atoms with E-state index in [4.69, 9.17) is 5.11 Å². The standard InChI is InChI=1S/C12H19N3O3S/c1-5-7(2)13-6-9(16)15(4)11-10(12(17)18)8(3)14-19-11/h7,13H,5-6H2,1-4H3,(H,17,18). The zero-order valence-electron chi connectivity index (χ0n) is 11.6. The summed E-state index contributed by atoms with van der Waals surface area (Å²) in [7, 11) is 1.57. The molecule has 2 N–H and O–H groups in total. The molecule has 0 aromatic carbocycles. The minimum atomic E-state index is -1.06. The van der Waals surface area contributed by atoms with Crippen LogP contribution in [0.2, 0.25) is 0 Å². The average molecular weight is 285 g/mol. The van der Waals surface area contributed by atoms with Gasteiger partial charge in [-0.15, -0.1) is 0 Å². The van der Waals surface area contributed by atoms with Crippen LogP contribution in [0.15, 0.2) is 0 Å². The Labute approximate surface area is 116 Å². The van der Waals surface area contributed by atoms with E-state index in [9.17, 15) is 9.59 Å². The van der Waals surface area contributed by atoms with Gasteiger partial charge >= 0.3 is 5.97 Å². The number of amides is 1. The molecule has 1 unspecified atom stereocenters. The minimum Gasteiger partial charge on any atom is -0.478 e. The van der Waals surface area contributed by atoms with Gasteiger partial charge in [0.1, 0.15) is 10.6 Å². The van der Waals surface area contributed by atoms with Crippen LogP contribution in [-0.2, 0) is 4.79 Å². The summed E-state index contributed by atoms with van der Waals surface area (Å²) in [6.07, 6.45) is 0.928. The maximum atomic E-state index is 12.0. The second-order valence-electron chi connectivity index (χ2n) is 4.40. The van der Waals surface area contributed by atoms with Crippen molar-refractivity contribution in [1.29, 1.82) is 0 Å². The van der Waals surface area contributed by atoms with Gasteiger partial charge in [-0.25, -0.2) is 4.79 Å². The van der Waals surface area contributed by atoms with E-state index in [0.29, 0.717) is 10.7 Å². The number of aryl methyl sites for hydroxylation is 1. The quantitative estimate of drug-likeness (QED) is 0.827. The highest BCUT2D eigenvalue weighted by Gasteiger charge is 2.23. The molecule has 1 atom stereocenters. The predicted molar refractivity (Wildman–Crippen MR) is 75.0 cm³/mol. The van der Waals surface area contributed by atoms with Crippen molar-refractivity contribution in [3.05, 3.63) is 11.3 Å². The topological polar surface area (TPSA) is 82.5 Å². The summed E-state index contributed by atoms with van der Waals surface area (Å²) in [6, 6.07) is 0.250. The predicted octanol–water partition coefficient (Wildman–Crippen LogP) is 1.50. The maximum Gasteiger partial charge on any atom is 0.340 e. The lowest BCUT2D eigenvalue weighted by Crippen LogP contribution is -2.39. The number of hydrogen-bond acceptors (Lipinski definition) is 5. The first-order valence-corrected chi connectivity index (χ1v) is 6.85. The molecule has 19 heavy (non-hydrogen) atoms. The molecule has 0 fully saturated rings. The molecule has 7 heteroatoms. The van der Waals surface area contributed by atoms with E-state index in [1.807, 2.05) is 13.8 Å². The Bertz CT molecular complexity index is 473. The molecular formula is C12H19N3O3S. The molecule has 0 radical (unpaired) electrons. The Morgan fingerprint density at radius 3 is 2.68 bits per heavy atom. The van der Waals surface area contributed by atoms with Gasteiger partial charge in [0, 0.05) is 13.1 Å². The molecule has 1 amide bonds. The van der Waals surface area contributed by atoms with Gasteiger partial charge < -0.3 is 15.3 Å². The first-order chi connectivity index (χ1) is 8.88. The minimum absolute atomic E-state index is 0.101. The third-order valence-electron chi connectivity index (χ3n) is 2.95. The molecule has 0 saturated heterocycles. The maximum absolute atomic E-state index is 12.0. The van der Waals surface area contributed by atoms with E-state index in [0.717, 1.165) is 18.0 Å². The lowest BCUT2D eigenvalue weighted by Gasteiger charge is -2.18. The highest BCUT2D eigenvalue weighted by molar-refractivity contribution is 7.11. The fourth-order valence-electron chi connectivity index (χ4n) is 1.47. The van der Waals surface area contributed by atoms with Crippen molar-refractivity contribution in [2.45, 2.75) is 33.2 Å². The van der Waals surface area contributed by atoms with Crippen LogP contribution in [0.4, 0.5) is 5.00 Å². The van der Waals surface area contributed by atoms with Crippen LogP contribution >= 0.6 is 11.5 Å². The number of carboxylic acid groups (broad SMARTS) is 1. The number of aromatic nitrogens is 1. The van der Waals surface area contributed by atoms with Crippen LogP contribution in [0, 0.1) is 6.92 Å². The smallest absolute Gasteiger partial charge is 0.340 e. The first kappa shape index (κ1) is 15.6. The van der Waals surface area contributed by atoms with Crippen LogP contribution in [0.1, 0.15) is 36.3 Å². The number of aromatic carboxylic acids is 1. The lowest BCUT2D eigenvalue weighted by molar-refractivity contribution is -0.117. The van der Waals surface area contributed by atoms with Crippen molar-refractivity contribution in [2.75, 3.05) is 18.5 Å². The van der Waals surface area contributed by atoms with Gasteiger partial charge in [0.25, 0.3) is 0 Å². The molecule has 0 aliphatic rings. The molecule has 0 saturated carbocycles. The largest absolute Gasteiger partial charge is 0.478 e. The molecule has 6 nitrogen and oxygen atoms in total. The summed E-state index contributed by atoms with van der Waals surface area (Å²) >= 11 is 1.03. The zero-order chi connectivity index (χ0) is 14.6. The summed E-state index contributed by atoms with van der Waals surface area (Å²) < 4.78 is 4.00. The normalized spacial score (nSPS) is 12.2. The summed E-state index contributed by atoms with van der Waals surface area (Å²) in [5, 5.41) is 12.6. The number of likely N-dealkylation sites (N-methyl/N-ethyl adjacent to an activating group) is 1. The highest BCUT2D eigenvalue weighted by Crippen LogP contribution is 2.27. The fraction of sp³-hybridized carbons (Fsp3) is 0.583. The molecule has 0 spiro atoms. The molecule has 0 bridgehead atoms. The SMILES string of the molecule is CCC(C)NCC(=O)N(C)c1snc(C)c1C(=O)O. The summed E-state index contributed by atoms with van der Waals surface area (Å²) in [5.74, 6) is -1.23. The monoisotopic (exact) mass is 285 g/mol. The summed E-state index contributed by atoms with van der Waals surface area (Å²) in [4.78, 5) is 24.5. The zero-order valence-corrected chi connectivity index (χ0v) is 12.4. The molecule has 0 aliphatic carbocycles. The number of hydrogen-bond donors (Lipinski definition) is 2. The highest BCUT2D eigenvalue weighted by atomic mass is 32.1. The number of nitrogens with zero attached hydrogens (tertiary/aromatic N) is 2. The van der Waals surface area contributed by atoms with Crippen molar-refractivity contribution in [3.8, 4) is 0 Å². The van der Waals surface area contributed by atoms with Gasteiger partial charge in [0.05, 0.1) is 12.2 Å². The van der Waals surface area contributed by atoms with Crippen LogP contribution in [-0.4, -0.2) is 41.0 Å². The molecule has 106 valence electrons. The second kappa shape index (κ2) is 6.63. The number of anilines is 1. The van der Waals surface area contributed by atoms with Gasteiger partial charge in [-0.3, -0.25) is 4.79 Å². The first-order valence-electron chi connectivity index (χ1n) is 6.08. The van der Waals surface area contributed by atoms with Gasteiger partial charge in [-0.2, -0.15) is 4.37 Å². The van der Waals surface area contributed by atoms with Gasteiger partial charge in [0.2, 0.25) is 5.91 Å². The average Bonchev–Trinajstić information content (AvgIpc) is 2.76. The van der Waals surface area contributed by atoms with Crippen molar-refractivity contribution in [2.24, 2.45) is 0 Å². The van der Waals surface area contributed by atoms with E-state index >= 15 is 0 Å². The second-order valence-corrected chi connectivity index (χ2v) is 5.15. The number of carbonyl (C=O) groups is 2. The van der Waals surface area contributed by atoms with Crippen molar-refractivity contribution >= 4 is 28.4 Å². The van der Waals surface area contributed by atoms with Gasteiger partial charge in [-0.05, 0) is 31.8 Å². The molecule has 1 aromatic heterocycles. The van der Waals surface area contributed by atoms with Gasteiger partial charge in [-0.1, -0.05) is 6.92 Å². The van der Waals surface area contributed by atoms with E-state index < -0.39 is 5.97 Å². The van der Waals surface area contributed by atoms with E-state index in [1.54, 1.807) is 14.0 Å². The van der Waals surface area contributed by atoms with Gasteiger partial charge in [0.15, 0.2) is 0 Å². The molecule has 1 rings (SSSR count). The number of rotatable bonds is 6. The summed E-state index contributed by atoms with van der Waals surface area (Å²) in [6.45, 7) is 5.83. The van der Waals surface area contributed by atoms with E-state index in [2.05, 4.69) is 9.69 Å². The van der Waals surface area contributed by atoms with Crippen molar-refractivity contribution < 1.29 is 14.7 Å². The molecule has 0 aliphatic heterocycles. The van der Waals surface area contributed by atoms with Crippen LogP contribution < -0.4 is 10.2 Å². The number of carbonyl (C=O) groups excluding carboxylic acids is 1. The van der Waals surface area contributed by atoms with Crippen LogP contribution in [0.3, 0.4) is 0 Å². The Morgan fingerprint density at radius 1 is 1.53 bits per heavy atom. The lowest BCUT2D eigenvalue weighted by atomic mass is 10.2. The van der Waals surface area contributed by atoms with E-state index in [1.165, 1.54) is 4.90 Å².